The summed E-state index contributed by atoms with van der Waals surface area (Å²) in [6.45, 7) is 2.67. The molecule has 0 aliphatic heterocycles. The number of rotatable bonds is 3. The third-order valence-electron chi connectivity index (χ3n) is 3.71. The maximum Gasteiger partial charge on any atom is 0.315 e. The molecule has 19 heavy (non-hydrogen) atoms. The van der Waals surface area contributed by atoms with Gasteiger partial charge in [0.15, 0.2) is 0 Å². The standard InChI is InChI=1S/C15H19N3O/c1-10-7-12-8-11(3-6-14(12)18(10)2)9-16-15(19)17-13-4-5-13/h3,6-8,13H,4-5,9H2,1-2H3,(H2,16,17,19). The van der Waals surface area contributed by atoms with Gasteiger partial charge in [0.2, 0.25) is 0 Å². The van der Waals surface area contributed by atoms with Crippen molar-refractivity contribution in [2.24, 2.45) is 7.05 Å². The Morgan fingerprint density at radius 3 is 2.89 bits per heavy atom. The first-order valence-electron chi connectivity index (χ1n) is 6.73. The minimum absolute atomic E-state index is 0.0631. The molecule has 100 valence electrons. The largest absolute Gasteiger partial charge is 0.348 e. The number of amides is 2. The van der Waals surface area contributed by atoms with Crippen LogP contribution in [-0.4, -0.2) is 16.6 Å². The molecule has 4 nitrogen and oxygen atoms in total. The molecule has 1 aliphatic rings. The third-order valence-corrected chi connectivity index (χ3v) is 3.71. The topological polar surface area (TPSA) is 46.1 Å². The predicted octanol–water partition coefficient (Wildman–Crippen LogP) is 2.45. The predicted molar refractivity (Wildman–Crippen MR) is 76.0 cm³/mol. The van der Waals surface area contributed by atoms with Crippen LogP contribution in [0.2, 0.25) is 0 Å². The summed E-state index contributed by atoms with van der Waals surface area (Å²) in [4.78, 5) is 11.6. The summed E-state index contributed by atoms with van der Waals surface area (Å²) in [6, 6.07) is 8.83. The lowest BCUT2D eigenvalue weighted by Crippen LogP contribution is -2.36. The monoisotopic (exact) mass is 257 g/mol. The van der Waals surface area contributed by atoms with Crippen LogP contribution in [0.15, 0.2) is 24.3 Å². The van der Waals surface area contributed by atoms with Crippen molar-refractivity contribution in [1.29, 1.82) is 0 Å². The van der Waals surface area contributed by atoms with E-state index in [2.05, 4.69) is 53.4 Å². The first kappa shape index (κ1) is 12.1. The van der Waals surface area contributed by atoms with Crippen molar-refractivity contribution in [2.75, 3.05) is 0 Å². The number of aromatic nitrogens is 1. The van der Waals surface area contributed by atoms with Crippen molar-refractivity contribution in [3.8, 4) is 0 Å². The van der Waals surface area contributed by atoms with Crippen LogP contribution in [0.5, 0.6) is 0 Å². The molecule has 2 N–H and O–H groups in total. The number of nitrogens with zero attached hydrogens (tertiary/aromatic N) is 1. The molecule has 1 heterocycles. The van der Waals surface area contributed by atoms with Crippen LogP contribution in [0.25, 0.3) is 10.9 Å². The Morgan fingerprint density at radius 2 is 2.16 bits per heavy atom. The zero-order valence-corrected chi connectivity index (χ0v) is 11.4. The van der Waals surface area contributed by atoms with E-state index in [1.54, 1.807) is 0 Å². The van der Waals surface area contributed by atoms with Crippen LogP contribution in [0, 0.1) is 6.92 Å². The van der Waals surface area contributed by atoms with E-state index in [0.717, 1.165) is 18.4 Å². The van der Waals surface area contributed by atoms with Crippen molar-refractivity contribution in [1.82, 2.24) is 15.2 Å². The van der Waals surface area contributed by atoms with Crippen LogP contribution < -0.4 is 10.6 Å². The zero-order chi connectivity index (χ0) is 13.4. The summed E-state index contributed by atoms with van der Waals surface area (Å²) in [5.41, 5.74) is 3.60. The molecule has 1 saturated carbocycles. The molecule has 0 spiro atoms. The van der Waals surface area contributed by atoms with E-state index in [4.69, 9.17) is 0 Å². The molecular formula is C15H19N3O. The van der Waals surface area contributed by atoms with E-state index in [-0.39, 0.29) is 6.03 Å². The first-order valence-corrected chi connectivity index (χ1v) is 6.73. The fourth-order valence-corrected chi connectivity index (χ4v) is 2.29. The van der Waals surface area contributed by atoms with Crippen molar-refractivity contribution in [2.45, 2.75) is 32.4 Å². The lowest BCUT2D eigenvalue weighted by atomic mass is 10.1. The van der Waals surface area contributed by atoms with Crippen LogP contribution in [0.3, 0.4) is 0 Å². The summed E-state index contributed by atoms with van der Waals surface area (Å²) in [5.74, 6) is 0. The fourth-order valence-electron chi connectivity index (χ4n) is 2.29. The van der Waals surface area contributed by atoms with Crippen molar-refractivity contribution in [3.63, 3.8) is 0 Å². The van der Waals surface area contributed by atoms with Crippen LogP contribution in [0.4, 0.5) is 4.79 Å². The second-order valence-electron chi connectivity index (χ2n) is 5.34. The summed E-state index contributed by atoms with van der Waals surface area (Å²) >= 11 is 0. The molecule has 0 atom stereocenters. The van der Waals surface area contributed by atoms with Gasteiger partial charge in [0.25, 0.3) is 0 Å². The van der Waals surface area contributed by atoms with Crippen LogP contribution in [-0.2, 0) is 13.6 Å². The molecule has 1 aromatic heterocycles. The van der Waals surface area contributed by atoms with E-state index >= 15 is 0 Å². The van der Waals surface area contributed by atoms with E-state index in [9.17, 15) is 4.79 Å². The van der Waals surface area contributed by atoms with E-state index in [0.29, 0.717) is 12.6 Å². The van der Waals surface area contributed by atoms with Gasteiger partial charge in [-0.1, -0.05) is 6.07 Å². The fraction of sp³-hybridized carbons (Fsp3) is 0.400. The number of fused-ring (bicyclic) bond motifs is 1. The number of carbonyl (C=O) groups excluding carboxylic acids is 1. The number of carbonyl (C=O) groups is 1. The normalized spacial score (nSPS) is 14.6. The van der Waals surface area contributed by atoms with Crippen molar-refractivity contribution < 1.29 is 4.79 Å². The number of urea groups is 1. The van der Waals surface area contributed by atoms with Crippen LogP contribution >= 0.6 is 0 Å². The average molecular weight is 257 g/mol. The Labute approximate surface area is 112 Å². The molecule has 1 aliphatic carbocycles. The molecule has 2 aromatic rings. The van der Waals surface area contributed by atoms with Crippen molar-refractivity contribution >= 4 is 16.9 Å². The van der Waals surface area contributed by atoms with Gasteiger partial charge in [0.1, 0.15) is 0 Å². The smallest absolute Gasteiger partial charge is 0.315 e. The lowest BCUT2D eigenvalue weighted by molar-refractivity contribution is 0.240. The molecule has 0 unspecified atom stereocenters. The van der Waals surface area contributed by atoms with Gasteiger partial charge in [0.05, 0.1) is 0 Å². The summed E-state index contributed by atoms with van der Waals surface area (Å²) in [6.07, 6.45) is 2.23. The molecule has 1 fully saturated rings. The number of benzene rings is 1. The highest BCUT2D eigenvalue weighted by Gasteiger charge is 2.22. The first-order chi connectivity index (χ1) is 9.13. The second kappa shape index (κ2) is 4.61. The molecule has 1 aromatic carbocycles. The van der Waals surface area contributed by atoms with Gasteiger partial charge in [-0.3, -0.25) is 0 Å². The average Bonchev–Trinajstić information content (AvgIpc) is 3.15. The minimum Gasteiger partial charge on any atom is -0.348 e. The molecule has 2 amide bonds. The van der Waals surface area contributed by atoms with E-state index in [1.165, 1.54) is 16.6 Å². The van der Waals surface area contributed by atoms with E-state index in [1.807, 2.05) is 0 Å². The van der Waals surface area contributed by atoms with Crippen LogP contribution in [0.1, 0.15) is 24.1 Å². The van der Waals surface area contributed by atoms with E-state index < -0.39 is 0 Å². The Kier molecular flexibility index (Phi) is 2.93. The van der Waals surface area contributed by atoms with Gasteiger partial charge in [-0.2, -0.15) is 0 Å². The Morgan fingerprint density at radius 1 is 1.37 bits per heavy atom. The summed E-state index contributed by atoms with van der Waals surface area (Å²) in [7, 11) is 2.07. The molecule has 0 bridgehead atoms. The Hall–Kier alpha value is -1.97. The van der Waals surface area contributed by atoms with Gasteiger partial charge in [-0.05, 0) is 43.5 Å². The maximum absolute atomic E-state index is 11.6. The SMILES string of the molecule is Cc1cc2cc(CNC(=O)NC3CC3)ccc2n1C. The lowest BCUT2D eigenvalue weighted by Gasteiger charge is -2.07. The molecule has 4 heteroatoms. The molecule has 0 saturated heterocycles. The maximum atomic E-state index is 11.6. The van der Waals surface area contributed by atoms with Gasteiger partial charge in [-0.15, -0.1) is 0 Å². The highest BCUT2D eigenvalue weighted by atomic mass is 16.2. The number of hydrogen-bond donors (Lipinski definition) is 2. The Balaban J connectivity index is 1.68. The quantitative estimate of drug-likeness (QED) is 0.871. The number of hydrogen-bond acceptors (Lipinski definition) is 1. The van der Waals surface area contributed by atoms with Gasteiger partial charge in [0, 0.05) is 36.2 Å². The Bertz CT molecular complexity index is 626. The highest BCUT2D eigenvalue weighted by Crippen LogP contribution is 2.20. The summed E-state index contributed by atoms with van der Waals surface area (Å²) in [5, 5.41) is 7.04. The molecule has 0 radical (unpaired) electrons. The van der Waals surface area contributed by atoms with Gasteiger partial charge in [-0.25, -0.2) is 4.79 Å². The van der Waals surface area contributed by atoms with Crippen molar-refractivity contribution in [3.05, 3.63) is 35.5 Å². The van der Waals surface area contributed by atoms with Gasteiger partial charge < -0.3 is 15.2 Å². The third kappa shape index (κ3) is 2.57. The second-order valence-corrected chi connectivity index (χ2v) is 5.34. The summed E-state index contributed by atoms with van der Waals surface area (Å²) < 4.78 is 2.17. The molecule has 3 rings (SSSR count). The minimum atomic E-state index is -0.0631. The zero-order valence-electron chi connectivity index (χ0n) is 11.4. The molecular weight excluding hydrogens is 238 g/mol. The number of nitrogens with one attached hydrogen (secondary N) is 2. The van der Waals surface area contributed by atoms with Gasteiger partial charge >= 0.3 is 6.03 Å². The highest BCUT2D eigenvalue weighted by molar-refractivity contribution is 5.82. The number of aryl methyl sites for hydroxylation is 2.